The number of rotatable bonds is 3. The average Bonchev–Trinajstić information content (AvgIpc) is 2.82. The number of hydrogen-bond acceptors (Lipinski definition) is 4. The topological polar surface area (TPSA) is 78.0 Å². The molecule has 0 aliphatic carbocycles. The molecule has 0 amide bonds. The number of nitro groups is 1. The molecular weight excluding hydrogens is 279 g/mol. The van der Waals surface area contributed by atoms with E-state index < -0.39 is 28.2 Å². The van der Waals surface area contributed by atoms with Gasteiger partial charge >= 0.3 is 6.18 Å². The van der Waals surface area contributed by atoms with Crippen LogP contribution in [0.1, 0.15) is 16.2 Å². The van der Waals surface area contributed by atoms with Crippen LogP contribution in [-0.4, -0.2) is 21.0 Å². The van der Waals surface area contributed by atoms with Crippen LogP contribution in [0.5, 0.6) is 0 Å². The minimum Gasteiger partial charge on any atom is -0.296 e. The third-order valence-corrected chi connectivity index (χ3v) is 2.45. The van der Waals surface area contributed by atoms with Crippen LogP contribution in [0, 0.1) is 10.1 Å². The number of carbonyl (C=O) groups is 1. The average molecular weight is 285 g/mol. The number of aldehydes is 1. The lowest BCUT2D eigenvalue weighted by molar-refractivity contribution is -0.384. The summed E-state index contributed by atoms with van der Waals surface area (Å²) in [5, 5.41) is 14.1. The zero-order valence-electron chi connectivity index (χ0n) is 9.66. The molecule has 0 unspecified atom stereocenters. The van der Waals surface area contributed by atoms with Crippen LogP contribution in [0.3, 0.4) is 0 Å². The fourth-order valence-corrected chi connectivity index (χ4v) is 1.61. The predicted molar refractivity (Wildman–Crippen MR) is 60.6 cm³/mol. The van der Waals surface area contributed by atoms with E-state index in [0.29, 0.717) is 10.7 Å². The molecule has 6 nitrogen and oxygen atoms in total. The van der Waals surface area contributed by atoms with Gasteiger partial charge < -0.3 is 0 Å². The van der Waals surface area contributed by atoms with Gasteiger partial charge in [-0.15, -0.1) is 0 Å². The summed E-state index contributed by atoms with van der Waals surface area (Å²) in [6.07, 6.45) is -4.59. The third kappa shape index (κ3) is 2.37. The predicted octanol–water partition coefficient (Wildman–Crippen LogP) is 2.61. The number of alkyl halides is 3. The van der Waals surface area contributed by atoms with Crippen molar-refractivity contribution < 1.29 is 22.9 Å². The number of para-hydroxylation sites is 2. The van der Waals surface area contributed by atoms with Crippen LogP contribution in [0.25, 0.3) is 5.69 Å². The van der Waals surface area contributed by atoms with Gasteiger partial charge in [-0.2, -0.15) is 18.3 Å². The number of hydrogen-bond donors (Lipinski definition) is 0. The van der Waals surface area contributed by atoms with Crippen molar-refractivity contribution in [2.24, 2.45) is 0 Å². The van der Waals surface area contributed by atoms with E-state index in [-0.39, 0.29) is 12.0 Å². The maximum absolute atomic E-state index is 12.6. The molecule has 0 aliphatic rings. The molecule has 104 valence electrons. The minimum atomic E-state index is -4.74. The van der Waals surface area contributed by atoms with E-state index in [4.69, 9.17) is 0 Å². The fourth-order valence-electron chi connectivity index (χ4n) is 1.61. The molecule has 0 saturated carbocycles. The Labute approximate surface area is 109 Å². The molecule has 0 aliphatic heterocycles. The second-order valence-electron chi connectivity index (χ2n) is 3.73. The summed E-state index contributed by atoms with van der Waals surface area (Å²) in [5.74, 6) is 0. The Morgan fingerprint density at radius 2 is 1.95 bits per heavy atom. The standard InChI is InChI=1S/C11H6F3N3O3/c12-11(13,14)10-5-7(6-18)16(15-10)8-3-1-2-4-9(8)17(19)20/h1-6H. The zero-order chi connectivity index (χ0) is 14.9. The van der Waals surface area contributed by atoms with Crippen LogP contribution >= 0.6 is 0 Å². The van der Waals surface area contributed by atoms with Gasteiger partial charge in [-0.25, -0.2) is 4.68 Å². The van der Waals surface area contributed by atoms with Crippen molar-refractivity contribution >= 4 is 12.0 Å². The van der Waals surface area contributed by atoms with Gasteiger partial charge in [-0.3, -0.25) is 14.9 Å². The van der Waals surface area contributed by atoms with Crippen molar-refractivity contribution in [3.05, 3.63) is 51.8 Å². The second kappa shape index (κ2) is 4.76. The number of halogens is 3. The van der Waals surface area contributed by atoms with Gasteiger partial charge in [0, 0.05) is 6.07 Å². The van der Waals surface area contributed by atoms with Gasteiger partial charge in [-0.05, 0) is 12.1 Å². The second-order valence-corrected chi connectivity index (χ2v) is 3.73. The van der Waals surface area contributed by atoms with E-state index in [1.165, 1.54) is 18.2 Å². The summed E-state index contributed by atoms with van der Waals surface area (Å²) in [6, 6.07) is 5.60. The van der Waals surface area contributed by atoms with E-state index in [0.717, 1.165) is 6.07 Å². The Hall–Kier alpha value is -2.71. The Bertz CT molecular complexity index is 679. The number of carbonyl (C=O) groups excluding carboxylic acids is 1. The summed E-state index contributed by atoms with van der Waals surface area (Å²) in [6.45, 7) is 0. The monoisotopic (exact) mass is 285 g/mol. The molecule has 1 aromatic carbocycles. The Morgan fingerprint density at radius 1 is 1.30 bits per heavy atom. The molecule has 0 bridgehead atoms. The highest BCUT2D eigenvalue weighted by Crippen LogP contribution is 2.30. The third-order valence-electron chi connectivity index (χ3n) is 2.45. The van der Waals surface area contributed by atoms with Crippen LogP contribution in [-0.2, 0) is 6.18 Å². The largest absolute Gasteiger partial charge is 0.435 e. The highest BCUT2D eigenvalue weighted by molar-refractivity contribution is 5.74. The van der Waals surface area contributed by atoms with E-state index >= 15 is 0 Å². The van der Waals surface area contributed by atoms with Crippen LogP contribution in [0.15, 0.2) is 30.3 Å². The number of benzene rings is 1. The molecule has 0 saturated heterocycles. The van der Waals surface area contributed by atoms with Gasteiger partial charge in [-0.1, -0.05) is 12.1 Å². The lowest BCUT2D eigenvalue weighted by Crippen LogP contribution is -2.08. The summed E-state index contributed by atoms with van der Waals surface area (Å²) in [5.41, 5.74) is -2.38. The summed E-state index contributed by atoms with van der Waals surface area (Å²) in [7, 11) is 0. The van der Waals surface area contributed by atoms with Crippen LogP contribution in [0.4, 0.5) is 18.9 Å². The quantitative estimate of drug-likeness (QED) is 0.493. The molecule has 0 fully saturated rings. The smallest absolute Gasteiger partial charge is 0.296 e. The van der Waals surface area contributed by atoms with Crippen molar-refractivity contribution in [1.82, 2.24) is 9.78 Å². The molecule has 0 N–H and O–H groups in total. The Balaban J connectivity index is 2.67. The summed E-state index contributed by atoms with van der Waals surface area (Å²) in [4.78, 5) is 20.9. The van der Waals surface area contributed by atoms with Crippen LogP contribution in [0.2, 0.25) is 0 Å². The molecule has 0 radical (unpaired) electrons. The zero-order valence-corrected chi connectivity index (χ0v) is 9.66. The van der Waals surface area contributed by atoms with Gasteiger partial charge in [0.2, 0.25) is 0 Å². The van der Waals surface area contributed by atoms with E-state index in [2.05, 4.69) is 5.10 Å². The van der Waals surface area contributed by atoms with Gasteiger partial charge in [0.25, 0.3) is 5.69 Å². The first-order valence-corrected chi connectivity index (χ1v) is 5.21. The highest BCUT2D eigenvalue weighted by Gasteiger charge is 2.35. The molecule has 9 heteroatoms. The van der Waals surface area contributed by atoms with Crippen molar-refractivity contribution in [1.29, 1.82) is 0 Å². The number of aromatic nitrogens is 2. The van der Waals surface area contributed by atoms with E-state index in [9.17, 15) is 28.1 Å². The fraction of sp³-hybridized carbons (Fsp3) is 0.0909. The maximum atomic E-state index is 12.6. The minimum absolute atomic E-state index is 0.152. The van der Waals surface area contributed by atoms with E-state index in [1.807, 2.05) is 0 Å². The summed E-state index contributed by atoms with van der Waals surface area (Å²) < 4.78 is 38.3. The molecule has 2 aromatic rings. The molecule has 0 atom stereocenters. The van der Waals surface area contributed by atoms with Crippen molar-refractivity contribution in [3.63, 3.8) is 0 Å². The molecule has 1 heterocycles. The molecule has 20 heavy (non-hydrogen) atoms. The van der Waals surface area contributed by atoms with Gasteiger partial charge in [0.15, 0.2) is 12.0 Å². The Morgan fingerprint density at radius 3 is 2.50 bits per heavy atom. The first-order valence-electron chi connectivity index (χ1n) is 5.21. The lowest BCUT2D eigenvalue weighted by Gasteiger charge is -2.04. The Kier molecular flexibility index (Phi) is 3.26. The maximum Gasteiger partial charge on any atom is 0.435 e. The SMILES string of the molecule is O=Cc1cc(C(F)(F)F)nn1-c1ccccc1[N+](=O)[O-]. The van der Waals surface area contributed by atoms with E-state index in [1.54, 1.807) is 0 Å². The van der Waals surface area contributed by atoms with Crippen molar-refractivity contribution in [3.8, 4) is 5.69 Å². The molecule has 0 spiro atoms. The number of nitro benzene ring substituents is 1. The van der Waals surface area contributed by atoms with Crippen molar-refractivity contribution in [2.75, 3.05) is 0 Å². The van der Waals surface area contributed by atoms with Crippen molar-refractivity contribution in [2.45, 2.75) is 6.18 Å². The lowest BCUT2D eigenvalue weighted by atomic mass is 10.2. The summed E-state index contributed by atoms with van der Waals surface area (Å²) >= 11 is 0. The first kappa shape index (κ1) is 13.7. The highest BCUT2D eigenvalue weighted by atomic mass is 19.4. The van der Waals surface area contributed by atoms with Gasteiger partial charge in [0.1, 0.15) is 11.4 Å². The first-order chi connectivity index (χ1) is 9.34. The molecular formula is C11H6F3N3O3. The van der Waals surface area contributed by atoms with Gasteiger partial charge in [0.05, 0.1) is 4.92 Å². The molecule has 2 rings (SSSR count). The normalized spacial score (nSPS) is 11.3. The number of nitrogens with zero attached hydrogens (tertiary/aromatic N) is 3. The molecule has 1 aromatic heterocycles. The van der Waals surface area contributed by atoms with Crippen LogP contribution < -0.4 is 0 Å².